The molecular weight excluding hydrogens is 171 g/mol. The van der Waals surface area contributed by atoms with Gasteiger partial charge in [0.1, 0.15) is 18.3 Å². The molecule has 4 N–H and O–H groups in total. The van der Waals surface area contributed by atoms with Crippen LogP contribution < -0.4 is 0 Å². The molecule has 1 saturated heterocycles. The monoisotopic (exact) mass is 182 g/mol. The Morgan fingerprint density at radius 2 is 1.75 bits per heavy atom. The average molecular weight is 182 g/mol. The molecule has 0 saturated carbocycles. The minimum absolute atomic E-state index is 0.606. The van der Waals surface area contributed by atoms with Gasteiger partial charge in [-0.1, -0.05) is 0 Å². The van der Waals surface area contributed by atoms with Gasteiger partial charge in [0.25, 0.3) is 0 Å². The first-order chi connectivity index (χ1) is 5.57. The molecule has 0 radical (unpaired) electrons. The zero-order chi connectivity index (χ0) is 9.30. The maximum absolute atomic E-state index is 12.8. The van der Waals surface area contributed by atoms with E-state index in [2.05, 4.69) is 4.74 Å². The average Bonchev–Trinajstić information content (AvgIpc) is 2.08. The maximum Gasteiger partial charge on any atom is 0.184 e. The third-order valence-electron chi connectivity index (χ3n) is 1.82. The summed E-state index contributed by atoms with van der Waals surface area (Å²) in [4.78, 5) is 0. The number of aliphatic hydroxyl groups is 4. The highest BCUT2D eigenvalue weighted by Gasteiger charge is 2.43. The van der Waals surface area contributed by atoms with Crippen LogP contribution in [0, 0.1) is 0 Å². The van der Waals surface area contributed by atoms with Crippen LogP contribution in [-0.4, -0.2) is 57.8 Å². The van der Waals surface area contributed by atoms with E-state index in [9.17, 15) is 4.39 Å². The van der Waals surface area contributed by atoms with Crippen LogP contribution in [0.1, 0.15) is 0 Å². The van der Waals surface area contributed by atoms with Crippen LogP contribution in [0.3, 0.4) is 0 Å². The van der Waals surface area contributed by atoms with E-state index in [0.29, 0.717) is 0 Å². The van der Waals surface area contributed by atoms with E-state index >= 15 is 0 Å². The number of hydrogen-bond acceptors (Lipinski definition) is 5. The van der Waals surface area contributed by atoms with E-state index in [0.717, 1.165) is 0 Å². The molecule has 5 nitrogen and oxygen atoms in total. The normalized spacial score (nSPS) is 49.2. The van der Waals surface area contributed by atoms with Crippen LogP contribution in [0.15, 0.2) is 0 Å². The van der Waals surface area contributed by atoms with E-state index in [1.165, 1.54) is 0 Å². The van der Waals surface area contributed by atoms with Crippen LogP contribution in [-0.2, 0) is 4.74 Å². The lowest BCUT2D eigenvalue weighted by atomic mass is 10.0. The lowest BCUT2D eigenvalue weighted by Gasteiger charge is -2.36. The second-order valence-electron chi connectivity index (χ2n) is 2.67. The van der Waals surface area contributed by atoms with Crippen molar-refractivity contribution < 1.29 is 29.6 Å². The summed E-state index contributed by atoms with van der Waals surface area (Å²) in [5.74, 6) is 0. The fourth-order valence-electron chi connectivity index (χ4n) is 1.06. The standard InChI is InChI=1S/C6H11FO5/c7-3-4(9)2(1-8)12-6(11)5(3)10/h2-6,8-11H,1H2/t2-,3+,4+,5+,6+/m0/s1. The van der Waals surface area contributed by atoms with E-state index in [1.807, 2.05) is 0 Å². The molecule has 12 heavy (non-hydrogen) atoms. The SMILES string of the molecule is OC[C@@H]1O[C@@H](O)[C@H](O)[C@H](F)[C@@H]1O. The number of aliphatic hydroxyl groups excluding tert-OH is 4. The Kier molecular flexibility index (Phi) is 2.97. The second-order valence-corrected chi connectivity index (χ2v) is 2.67. The van der Waals surface area contributed by atoms with Crippen molar-refractivity contribution in [1.82, 2.24) is 0 Å². The van der Waals surface area contributed by atoms with Crippen molar-refractivity contribution in [1.29, 1.82) is 0 Å². The van der Waals surface area contributed by atoms with Crippen molar-refractivity contribution in [3.8, 4) is 0 Å². The molecule has 1 rings (SSSR count). The van der Waals surface area contributed by atoms with Gasteiger partial charge in [0.05, 0.1) is 6.61 Å². The number of rotatable bonds is 1. The number of ether oxygens (including phenoxy) is 1. The Bertz CT molecular complexity index is 150. The van der Waals surface area contributed by atoms with Crippen LogP contribution in [0.5, 0.6) is 0 Å². The van der Waals surface area contributed by atoms with Crippen molar-refractivity contribution in [2.24, 2.45) is 0 Å². The van der Waals surface area contributed by atoms with Gasteiger partial charge in [-0.25, -0.2) is 4.39 Å². The molecule has 0 bridgehead atoms. The number of halogens is 1. The summed E-state index contributed by atoms with van der Waals surface area (Å²) < 4.78 is 17.3. The van der Waals surface area contributed by atoms with Gasteiger partial charge in [-0.05, 0) is 0 Å². The second kappa shape index (κ2) is 3.63. The molecule has 0 unspecified atom stereocenters. The molecule has 1 aliphatic heterocycles. The Balaban J connectivity index is 2.63. The molecule has 5 atom stereocenters. The van der Waals surface area contributed by atoms with Crippen molar-refractivity contribution in [2.45, 2.75) is 30.8 Å². The first-order valence-electron chi connectivity index (χ1n) is 3.52. The fourth-order valence-corrected chi connectivity index (χ4v) is 1.06. The lowest BCUT2D eigenvalue weighted by molar-refractivity contribution is -0.274. The van der Waals surface area contributed by atoms with Crippen LogP contribution in [0.25, 0.3) is 0 Å². The first kappa shape index (κ1) is 9.82. The molecule has 0 spiro atoms. The Hall–Kier alpha value is -0.270. The summed E-state index contributed by atoms with van der Waals surface area (Å²) in [5.41, 5.74) is 0. The first-order valence-corrected chi connectivity index (χ1v) is 3.52. The van der Waals surface area contributed by atoms with Crippen molar-refractivity contribution in [3.63, 3.8) is 0 Å². The molecule has 1 aliphatic rings. The van der Waals surface area contributed by atoms with E-state index in [4.69, 9.17) is 20.4 Å². The number of hydrogen-bond donors (Lipinski definition) is 4. The van der Waals surface area contributed by atoms with E-state index < -0.39 is 37.4 Å². The lowest BCUT2D eigenvalue weighted by Crippen LogP contribution is -2.56. The molecule has 72 valence electrons. The minimum atomic E-state index is -1.99. The molecule has 6 heteroatoms. The fraction of sp³-hybridized carbons (Fsp3) is 1.00. The molecule has 1 fully saturated rings. The van der Waals surface area contributed by atoms with Gasteiger partial charge in [0.2, 0.25) is 0 Å². The van der Waals surface area contributed by atoms with Crippen molar-refractivity contribution >= 4 is 0 Å². The molecule has 0 aliphatic carbocycles. The molecule has 0 aromatic carbocycles. The Morgan fingerprint density at radius 1 is 1.17 bits per heavy atom. The van der Waals surface area contributed by atoms with Crippen molar-refractivity contribution in [2.75, 3.05) is 6.61 Å². The summed E-state index contributed by atoms with van der Waals surface area (Å²) in [6, 6.07) is 0. The van der Waals surface area contributed by atoms with Crippen LogP contribution in [0.4, 0.5) is 4.39 Å². The maximum atomic E-state index is 12.8. The highest BCUT2D eigenvalue weighted by Crippen LogP contribution is 2.21. The molecule has 0 aromatic rings. The van der Waals surface area contributed by atoms with Gasteiger partial charge in [0, 0.05) is 0 Å². The molecule has 1 heterocycles. The highest BCUT2D eigenvalue weighted by atomic mass is 19.1. The van der Waals surface area contributed by atoms with Gasteiger partial charge < -0.3 is 25.2 Å². The van der Waals surface area contributed by atoms with Crippen molar-refractivity contribution in [3.05, 3.63) is 0 Å². The van der Waals surface area contributed by atoms with E-state index in [1.54, 1.807) is 0 Å². The van der Waals surface area contributed by atoms with E-state index in [-0.39, 0.29) is 0 Å². The van der Waals surface area contributed by atoms with Gasteiger partial charge in [-0.3, -0.25) is 0 Å². The third kappa shape index (κ3) is 1.57. The van der Waals surface area contributed by atoms with Gasteiger partial charge >= 0.3 is 0 Å². The summed E-state index contributed by atoms with van der Waals surface area (Å²) in [6.45, 7) is -0.606. The Labute approximate surface area is 68.0 Å². The predicted molar refractivity (Wildman–Crippen MR) is 34.9 cm³/mol. The zero-order valence-electron chi connectivity index (χ0n) is 6.17. The Morgan fingerprint density at radius 3 is 2.25 bits per heavy atom. The van der Waals surface area contributed by atoms with Crippen LogP contribution in [0.2, 0.25) is 0 Å². The highest BCUT2D eigenvalue weighted by molar-refractivity contribution is 4.88. The van der Waals surface area contributed by atoms with Gasteiger partial charge in [-0.2, -0.15) is 0 Å². The summed E-state index contributed by atoms with van der Waals surface area (Å²) in [6.07, 6.45) is -8.24. The quantitative estimate of drug-likeness (QED) is 0.368. The van der Waals surface area contributed by atoms with Crippen LogP contribution >= 0.6 is 0 Å². The summed E-state index contributed by atoms with van der Waals surface area (Å²) in [7, 11) is 0. The molecule has 0 amide bonds. The molecule has 0 aromatic heterocycles. The molecular formula is C6H11FO5. The third-order valence-corrected chi connectivity index (χ3v) is 1.82. The largest absolute Gasteiger partial charge is 0.394 e. The summed E-state index contributed by atoms with van der Waals surface area (Å²) >= 11 is 0. The topological polar surface area (TPSA) is 90.2 Å². The van der Waals surface area contributed by atoms with Gasteiger partial charge in [0.15, 0.2) is 12.5 Å². The van der Waals surface area contributed by atoms with Gasteiger partial charge in [-0.15, -0.1) is 0 Å². The zero-order valence-corrected chi connectivity index (χ0v) is 6.17. The minimum Gasteiger partial charge on any atom is -0.394 e. The number of alkyl halides is 1. The predicted octanol–water partition coefficient (Wildman–Crippen LogP) is -2.24. The summed E-state index contributed by atoms with van der Waals surface area (Å²) in [5, 5.41) is 35.2. The smallest absolute Gasteiger partial charge is 0.184 e.